The van der Waals surface area contributed by atoms with Crippen molar-refractivity contribution < 1.29 is 69.3 Å². The number of aryl methyl sites for hydroxylation is 2. The first-order valence-corrected chi connectivity index (χ1v) is 23.1. The number of methoxy groups -OCH3 is 2. The maximum Gasteiger partial charge on any atom is 0.389 e. The standard InChI is InChI=1S/C15H15ClFN3O3S2.C15H16F3N5O4S.C3H8NO5P/c1-23-13(21)8-24-12-7-11(10(17)6-9(12)16)18-14-19-4-2-3-5-20(19)15(22)25-14;1-9-19-12(22-14(20-9)27-2)21-13(24)23-28(25,26)11-6-4-3-5-10(11)7-8-15(16,17)18;5-3(6)1-4-2-10(7,8)9/h6-7H,2-5,8H2,1H3;3-6H,7-8H2,1-2H3,(H2,19,20,21,22,23,24);4H,1-2H2,(H,5,6)(H2,7,8,9)/b18-14-;;. The Morgan fingerprint density at radius 3 is 2.37 bits per heavy atom. The molecule has 0 saturated heterocycles. The highest BCUT2D eigenvalue weighted by Crippen LogP contribution is 2.33. The molecule has 5 rings (SSSR count). The Bertz CT molecular complexity index is 2560. The zero-order valence-electron chi connectivity index (χ0n) is 33.1. The normalized spacial score (nSPS) is 12.8. The van der Waals surface area contributed by atoms with Crippen molar-refractivity contribution in [3.8, 4) is 6.01 Å². The van der Waals surface area contributed by atoms with Crippen LogP contribution in [0.1, 0.15) is 30.7 Å². The number of carbonyl (C=O) groups excluding carboxylic acids is 2. The minimum atomic E-state index is -4.45. The molecule has 2 aromatic carbocycles. The average Bonchev–Trinajstić information content (AvgIpc) is 3.50. The summed E-state index contributed by atoms with van der Waals surface area (Å²) in [5.74, 6) is -2.12. The van der Waals surface area contributed by atoms with Crippen molar-refractivity contribution in [2.45, 2.75) is 61.7 Å². The van der Waals surface area contributed by atoms with Crippen molar-refractivity contribution in [1.29, 1.82) is 0 Å². The Kier molecular flexibility index (Phi) is 19.7. The largest absolute Gasteiger partial charge is 0.480 e. The van der Waals surface area contributed by atoms with Crippen LogP contribution in [0.5, 0.6) is 6.01 Å². The van der Waals surface area contributed by atoms with E-state index in [1.807, 2.05) is 0 Å². The second-order valence-electron chi connectivity index (χ2n) is 12.4. The SMILES string of the molecule is COC(=O)CSc1cc(/N=c2\sc(=O)n3n2CCCC3)c(F)cc1Cl.COc1nc(C)nc(NC(=O)NS(=O)(=O)c2ccccc2CCC(F)(F)F)n1.O=C(O)CNCP(=O)(O)O. The lowest BCUT2D eigenvalue weighted by Gasteiger charge is -2.15. The van der Waals surface area contributed by atoms with E-state index >= 15 is 0 Å². The van der Waals surface area contributed by atoms with Crippen LogP contribution in [-0.2, 0) is 48.4 Å². The Morgan fingerprint density at radius 2 is 1.75 bits per heavy atom. The molecule has 0 spiro atoms. The van der Waals surface area contributed by atoms with Crippen molar-refractivity contribution in [1.82, 2.24) is 34.4 Å². The zero-order chi connectivity index (χ0) is 47.1. The van der Waals surface area contributed by atoms with Gasteiger partial charge in [0, 0.05) is 24.4 Å². The molecule has 0 atom stereocenters. The topological polar surface area (TPSA) is 296 Å². The van der Waals surface area contributed by atoms with E-state index in [9.17, 15) is 49.7 Å². The third-order valence-corrected chi connectivity index (χ3v) is 12.0. The van der Waals surface area contributed by atoms with Gasteiger partial charge in [-0.15, -0.1) is 11.8 Å². The van der Waals surface area contributed by atoms with Gasteiger partial charge in [-0.25, -0.2) is 32.0 Å². The molecule has 3 heterocycles. The van der Waals surface area contributed by atoms with E-state index < -0.39 is 78.2 Å². The van der Waals surface area contributed by atoms with E-state index in [4.69, 9.17) is 31.2 Å². The maximum absolute atomic E-state index is 14.3. The summed E-state index contributed by atoms with van der Waals surface area (Å²) in [5, 5.41) is 12.4. The number of amides is 2. The molecule has 21 nitrogen and oxygen atoms in total. The zero-order valence-corrected chi connectivity index (χ0v) is 37.2. The number of alkyl halides is 3. The Balaban J connectivity index is 0.000000278. The Hall–Kier alpha value is -4.96. The van der Waals surface area contributed by atoms with E-state index in [1.54, 1.807) is 14.1 Å². The second kappa shape index (κ2) is 23.6. The van der Waals surface area contributed by atoms with Gasteiger partial charge >= 0.3 is 42.6 Å². The molecule has 0 unspecified atom stereocenters. The monoisotopic (exact) mass is 991 g/mol. The number of hydrogen-bond donors (Lipinski definition) is 6. The predicted molar refractivity (Wildman–Crippen MR) is 219 cm³/mol. The molecule has 0 aliphatic carbocycles. The van der Waals surface area contributed by atoms with E-state index in [2.05, 4.69) is 35.3 Å². The number of hydrogen-bond acceptors (Lipinski definition) is 16. The number of nitrogens with one attached hydrogen (secondary N) is 3. The van der Waals surface area contributed by atoms with Gasteiger partial charge in [0.1, 0.15) is 17.3 Å². The van der Waals surface area contributed by atoms with Gasteiger partial charge in [-0.05, 0) is 61.3 Å². The molecule has 1 aliphatic rings. The number of thioether (sulfide) groups is 1. The number of esters is 1. The number of benzene rings is 2. The number of carbonyl (C=O) groups is 3. The molecule has 2 aromatic heterocycles. The second-order valence-corrected chi connectivity index (χ2v) is 18.1. The summed E-state index contributed by atoms with van der Waals surface area (Å²) in [6, 6.07) is 6.46. The third-order valence-electron chi connectivity index (χ3n) is 7.58. The van der Waals surface area contributed by atoms with Crippen molar-refractivity contribution in [3.63, 3.8) is 0 Å². The fraction of sp³-hybridized carbons (Fsp3) is 0.394. The van der Waals surface area contributed by atoms with Crippen LogP contribution >= 0.6 is 42.3 Å². The third kappa shape index (κ3) is 18.0. The fourth-order valence-corrected chi connectivity index (χ4v) is 8.47. The first kappa shape index (κ1) is 52.4. The van der Waals surface area contributed by atoms with Gasteiger partial charge < -0.3 is 24.4 Å². The first-order chi connectivity index (χ1) is 29.4. The number of urea groups is 1. The molecule has 0 bridgehead atoms. The lowest BCUT2D eigenvalue weighted by atomic mass is 10.1. The van der Waals surface area contributed by atoms with Crippen LogP contribution in [0.25, 0.3) is 0 Å². The van der Waals surface area contributed by atoms with E-state index in [1.165, 1.54) is 45.4 Å². The molecule has 4 aromatic rings. The highest BCUT2D eigenvalue weighted by atomic mass is 35.5. The van der Waals surface area contributed by atoms with Crippen LogP contribution in [0, 0.1) is 12.7 Å². The number of carboxylic acids is 1. The molecular weight excluding hydrogens is 953 g/mol. The van der Waals surface area contributed by atoms with Crippen LogP contribution in [0.15, 0.2) is 56.0 Å². The van der Waals surface area contributed by atoms with Crippen LogP contribution in [0.4, 0.5) is 34.0 Å². The number of ether oxygens (including phenoxy) is 2. The molecule has 0 saturated carbocycles. The fourth-order valence-electron chi connectivity index (χ4n) is 4.90. The van der Waals surface area contributed by atoms with Gasteiger partial charge in [0.05, 0.1) is 42.7 Å². The maximum atomic E-state index is 14.3. The number of halogens is 5. The van der Waals surface area contributed by atoms with E-state index in [0.29, 0.717) is 22.8 Å². The van der Waals surface area contributed by atoms with Crippen molar-refractivity contribution in [3.05, 3.63) is 73.1 Å². The number of fused-ring (bicyclic) bond motifs is 1. The smallest absolute Gasteiger partial charge is 0.389 e. The van der Waals surface area contributed by atoms with Crippen LogP contribution in [-0.4, -0.2) is 105 Å². The molecule has 30 heteroatoms. The summed E-state index contributed by atoms with van der Waals surface area (Å²) in [6.45, 7) is 2.39. The van der Waals surface area contributed by atoms with Gasteiger partial charge in [0.15, 0.2) is 0 Å². The lowest BCUT2D eigenvalue weighted by molar-refractivity contribution is -0.137. The quantitative estimate of drug-likeness (QED) is 0.0453. The Morgan fingerprint density at radius 1 is 1.08 bits per heavy atom. The Labute approximate surface area is 368 Å². The lowest BCUT2D eigenvalue weighted by Crippen LogP contribution is -2.35. The number of aromatic nitrogens is 5. The van der Waals surface area contributed by atoms with Gasteiger partial charge in [-0.1, -0.05) is 29.8 Å². The highest BCUT2D eigenvalue weighted by molar-refractivity contribution is 8.00. The van der Waals surface area contributed by atoms with E-state index in [-0.39, 0.29) is 44.7 Å². The number of carboxylic acid groups (broad SMARTS) is 1. The summed E-state index contributed by atoms with van der Waals surface area (Å²) in [5.41, 5.74) is 0.0114. The summed E-state index contributed by atoms with van der Waals surface area (Å²) in [6.07, 6.45) is -4.90. The highest BCUT2D eigenvalue weighted by Gasteiger charge is 2.29. The van der Waals surface area contributed by atoms with Crippen molar-refractivity contribution in [2.75, 3.05) is 38.1 Å². The number of sulfonamides is 1. The minimum Gasteiger partial charge on any atom is -0.480 e. The van der Waals surface area contributed by atoms with Gasteiger partial charge in [-0.2, -0.15) is 28.1 Å². The van der Waals surface area contributed by atoms with Gasteiger partial charge in [0.25, 0.3) is 10.0 Å². The van der Waals surface area contributed by atoms with Crippen molar-refractivity contribution in [2.24, 2.45) is 4.99 Å². The molecule has 346 valence electrons. The number of anilines is 1. The summed E-state index contributed by atoms with van der Waals surface area (Å²) < 4.78 is 101. The van der Waals surface area contributed by atoms with Gasteiger partial charge in [0.2, 0.25) is 10.7 Å². The average molecular weight is 992 g/mol. The van der Waals surface area contributed by atoms with Crippen LogP contribution < -0.4 is 29.8 Å². The molecule has 0 fully saturated rings. The number of rotatable bonds is 14. The van der Waals surface area contributed by atoms with Gasteiger partial charge in [-0.3, -0.25) is 34.3 Å². The first-order valence-electron chi connectivity index (χ1n) is 17.7. The summed E-state index contributed by atoms with van der Waals surface area (Å²) >= 11 is 8.17. The predicted octanol–water partition coefficient (Wildman–Crippen LogP) is 3.78. The summed E-state index contributed by atoms with van der Waals surface area (Å²) in [4.78, 5) is 77.6. The van der Waals surface area contributed by atoms with Crippen molar-refractivity contribution >= 4 is 81.9 Å². The number of aliphatic carboxylic acids is 1. The minimum absolute atomic E-state index is 0.0605. The van der Waals surface area contributed by atoms with E-state index in [0.717, 1.165) is 48.1 Å². The molecular formula is C33H39ClF4N9O12PS3. The summed E-state index contributed by atoms with van der Waals surface area (Å²) in [7, 11) is -5.94. The molecule has 0 radical (unpaired) electrons. The molecule has 6 N–H and O–H groups in total. The molecule has 1 aliphatic heterocycles. The molecule has 63 heavy (non-hydrogen) atoms. The van der Waals surface area contributed by atoms with Crippen LogP contribution in [0.2, 0.25) is 5.02 Å². The number of nitrogens with zero attached hydrogens (tertiary/aromatic N) is 6. The van der Waals surface area contributed by atoms with Crippen LogP contribution in [0.3, 0.4) is 0 Å². The molecule has 2 amide bonds.